The Kier molecular flexibility index (Phi) is 7.43. The molecule has 0 aromatic rings. The molecule has 0 aromatic heterocycles. The molecule has 0 saturated carbocycles. The van der Waals surface area contributed by atoms with E-state index in [-0.39, 0.29) is 12.6 Å². The fraction of sp³-hybridized carbons (Fsp3) is 0.846. The average Bonchev–Trinajstić information content (AvgIpc) is 2.92. The number of carbonyl (C=O) groups excluding carboxylic acids is 1. The van der Waals surface area contributed by atoms with Crippen LogP contribution in [0.4, 0.5) is 13.2 Å². The highest BCUT2D eigenvalue weighted by Gasteiger charge is 2.31. The Balaban J connectivity index is 2.44. The fourth-order valence-electron chi connectivity index (χ4n) is 1.98. The number of carbonyl (C=O) groups is 1. The SMILES string of the molecule is CCNC(=NCC(=O)N(C)CC(F)(F)F)NCC1CCCO1. The zero-order valence-corrected chi connectivity index (χ0v) is 12.9. The summed E-state index contributed by atoms with van der Waals surface area (Å²) in [6.07, 6.45) is -2.33. The lowest BCUT2D eigenvalue weighted by atomic mass is 10.2. The minimum atomic E-state index is -4.41. The van der Waals surface area contributed by atoms with Crippen LogP contribution in [0.25, 0.3) is 0 Å². The van der Waals surface area contributed by atoms with Crippen molar-refractivity contribution < 1.29 is 22.7 Å². The van der Waals surface area contributed by atoms with Crippen LogP contribution in [0.3, 0.4) is 0 Å². The van der Waals surface area contributed by atoms with Gasteiger partial charge in [-0.05, 0) is 19.8 Å². The highest BCUT2D eigenvalue weighted by atomic mass is 19.4. The number of nitrogens with one attached hydrogen (secondary N) is 2. The van der Waals surface area contributed by atoms with E-state index in [0.29, 0.717) is 23.9 Å². The van der Waals surface area contributed by atoms with E-state index in [1.807, 2.05) is 6.92 Å². The number of guanidine groups is 1. The summed E-state index contributed by atoms with van der Waals surface area (Å²) in [4.78, 5) is 16.3. The van der Waals surface area contributed by atoms with Crippen molar-refractivity contribution in [2.75, 3.05) is 39.8 Å². The Morgan fingerprint density at radius 2 is 2.14 bits per heavy atom. The maximum atomic E-state index is 12.2. The molecule has 1 aliphatic heterocycles. The largest absolute Gasteiger partial charge is 0.406 e. The lowest BCUT2D eigenvalue weighted by Crippen LogP contribution is -2.42. The summed E-state index contributed by atoms with van der Waals surface area (Å²) in [5, 5.41) is 5.97. The van der Waals surface area contributed by atoms with Crippen molar-refractivity contribution in [2.45, 2.75) is 32.0 Å². The lowest BCUT2D eigenvalue weighted by Gasteiger charge is -2.18. The summed E-state index contributed by atoms with van der Waals surface area (Å²) in [6, 6.07) is 0. The predicted octanol–water partition coefficient (Wildman–Crippen LogP) is 0.741. The van der Waals surface area contributed by atoms with Crippen LogP contribution in [0.5, 0.6) is 0 Å². The molecule has 1 atom stereocenters. The highest BCUT2D eigenvalue weighted by molar-refractivity contribution is 5.84. The van der Waals surface area contributed by atoms with Gasteiger partial charge in [-0.2, -0.15) is 13.2 Å². The summed E-state index contributed by atoms with van der Waals surface area (Å²) >= 11 is 0. The molecular formula is C13H23F3N4O2. The number of rotatable bonds is 6. The first-order valence-corrected chi connectivity index (χ1v) is 7.26. The van der Waals surface area contributed by atoms with Crippen LogP contribution in [0.1, 0.15) is 19.8 Å². The number of ether oxygens (including phenoxy) is 1. The van der Waals surface area contributed by atoms with Gasteiger partial charge in [0.15, 0.2) is 5.96 Å². The van der Waals surface area contributed by atoms with Crippen molar-refractivity contribution in [1.82, 2.24) is 15.5 Å². The zero-order valence-electron chi connectivity index (χ0n) is 12.9. The molecule has 128 valence electrons. The molecule has 1 aliphatic rings. The highest BCUT2D eigenvalue weighted by Crippen LogP contribution is 2.15. The summed E-state index contributed by atoms with van der Waals surface area (Å²) in [7, 11) is 1.11. The maximum Gasteiger partial charge on any atom is 0.406 e. The monoisotopic (exact) mass is 324 g/mol. The summed E-state index contributed by atoms with van der Waals surface area (Å²) in [5.74, 6) is -0.293. The van der Waals surface area contributed by atoms with Crippen LogP contribution < -0.4 is 10.6 Å². The minimum absolute atomic E-state index is 0.104. The van der Waals surface area contributed by atoms with Crippen molar-refractivity contribution in [2.24, 2.45) is 4.99 Å². The molecular weight excluding hydrogens is 301 g/mol. The van der Waals surface area contributed by atoms with Crippen LogP contribution in [0, 0.1) is 0 Å². The molecule has 2 N–H and O–H groups in total. The Hall–Kier alpha value is -1.51. The Morgan fingerprint density at radius 1 is 1.41 bits per heavy atom. The van der Waals surface area contributed by atoms with Gasteiger partial charge in [-0.3, -0.25) is 4.79 Å². The first-order chi connectivity index (χ1) is 10.3. The fourth-order valence-corrected chi connectivity index (χ4v) is 1.98. The van der Waals surface area contributed by atoms with Crippen molar-refractivity contribution in [3.05, 3.63) is 0 Å². The second-order valence-electron chi connectivity index (χ2n) is 5.08. The third-order valence-corrected chi connectivity index (χ3v) is 3.08. The van der Waals surface area contributed by atoms with Gasteiger partial charge in [0, 0.05) is 26.7 Å². The quantitative estimate of drug-likeness (QED) is 0.559. The molecule has 0 aromatic carbocycles. The molecule has 1 amide bonds. The molecule has 6 nitrogen and oxygen atoms in total. The number of halogens is 3. The molecule has 0 aliphatic carbocycles. The van der Waals surface area contributed by atoms with Gasteiger partial charge in [-0.1, -0.05) is 0 Å². The van der Waals surface area contributed by atoms with E-state index in [1.54, 1.807) is 0 Å². The number of hydrogen-bond acceptors (Lipinski definition) is 3. The van der Waals surface area contributed by atoms with E-state index < -0.39 is 18.6 Å². The van der Waals surface area contributed by atoms with Gasteiger partial charge in [-0.25, -0.2) is 4.99 Å². The lowest BCUT2D eigenvalue weighted by molar-refractivity contribution is -0.157. The Bertz CT molecular complexity index is 382. The van der Waals surface area contributed by atoms with E-state index in [4.69, 9.17) is 4.74 Å². The zero-order chi connectivity index (χ0) is 16.6. The van der Waals surface area contributed by atoms with E-state index in [9.17, 15) is 18.0 Å². The number of amides is 1. The van der Waals surface area contributed by atoms with E-state index in [0.717, 1.165) is 26.5 Å². The van der Waals surface area contributed by atoms with E-state index in [1.165, 1.54) is 0 Å². The van der Waals surface area contributed by atoms with E-state index in [2.05, 4.69) is 15.6 Å². The third-order valence-electron chi connectivity index (χ3n) is 3.08. The van der Waals surface area contributed by atoms with Gasteiger partial charge in [0.25, 0.3) is 0 Å². The van der Waals surface area contributed by atoms with Crippen LogP contribution in [-0.4, -0.2) is 68.9 Å². The van der Waals surface area contributed by atoms with Gasteiger partial charge in [0.2, 0.25) is 5.91 Å². The van der Waals surface area contributed by atoms with E-state index >= 15 is 0 Å². The van der Waals surface area contributed by atoms with Crippen molar-refractivity contribution in [1.29, 1.82) is 0 Å². The van der Waals surface area contributed by atoms with Crippen LogP contribution >= 0.6 is 0 Å². The summed E-state index contributed by atoms with van der Waals surface area (Å²) in [5.41, 5.74) is 0. The first kappa shape index (κ1) is 18.5. The Morgan fingerprint density at radius 3 is 2.68 bits per heavy atom. The third kappa shape index (κ3) is 7.48. The number of nitrogens with zero attached hydrogens (tertiary/aromatic N) is 2. The molecule has 0 bridgehead atoms. The van der Waals surface area contributed by atoms with Gasteiger partial charge in [0.05, 0.1) is 6.10 Å². The van der Waals surface area contributed by atoms with Crippen LogP contribution in [0.2, 0.25) is 0 Å². The number of likely N-dealkylation sites (N-methyl/N-ethyl adjacent to an activating group) is 1. The van der Waals surface area contributed by atoms with Gasteiger partial charge in [0.1, 0.15) is 13.1 Å². The van der Waals surface area contributed by atoms with Crippen molar-refractivity contribution in [3.63, 3.8) is 0 Å². The van der Waals surface area contributed by atoms with Crippen LogP contribution in [0.15, 0.2) is 4.99 Å². The predicted molar refractivity (Wildman–Crippen MR) is 76.6 cm³/mol. The molecule has 1 rings (SSSR count). The standard InChI is InChI=1S/C13H23F3N4O2/c1-3-17-12(18-7-10-5-4-6-22-10)19-8-11(21)20(2)9-13(14,15)16/h10H,3-9H2,1-2H3,(H2,17,18,19). The molecule has 0 spiro atoms. The molecule has 1 saturated heterocycles. The topological polar surface area (TPSA) is 66.0 Å². The summed E-state index contributed by atoms with van der Waals surface area (Å²) in [6.45, 7) is 2.12. The molecule has 22 heavy (non-hydrogen) atoms. The molecule has 1 fully saturated rings. The van der Waals surface area contributed by atoms with Crippen molar-refractivity contribution >= 4 is 11.9 Å². The van der Waals surface area contributed by atoms with Gasteiger partial charge < -0.3 is 20.3 Å². The Labute approximate surface area is 128 Å². The number of hydrogen-bond donors (Lipinski definition) is 2. The van der Waals surface area contributed by atoms with Gasteiger partial charge in [-0.15, -0.1) is 0 Å². The molecule has 9 heteroatoms. The molecule has 0 radical (unpaired) electrons. The minimum Gasteiger partial charge on any atom is -0.376 e. The van der Waals surface area contributed by atoms with Crippen molar-refractivity contribution in [3.8, 4) is 0 Å². The average molecular weight is 324 g/mol. The number of alkyl halides is 3. The second kappa shape index (κ2) is 8.82. The second-order valence-corrected chi connectivity index (χ2v) is 5.08. The number of aliphatic imine (C=N–C) groups is 1. The summed E-state index contributed by atoms with van der Waals surface area (Å²) < 4.78 is 42.1. The molecule has 1 unspecified atom stereocenters. The van der Waals surface area contributed by atoms with Gasteiger partial charge >= 0.3 is 6.18 Å². The molecule has 1 heterocycles. The normalized spacial score (nSPS) is 19.1. The maximum absolute atomic E-state index is 12.2. The smallest absolute Gasteiger partial charge is 0.376 e. The van der Waals surface area contributed by atoms with Crippen LogP contribution in [-0.2, 0) is 9.53 Å². The first-order valence-electron chi connectivity index (χ1n) is 7.26.